The van der Waals surface area contributed by atoms with Gasteiger partial charge in [-0.05, 0) is 12.1 Å². The Bertz CT molecular complexity index is 401. The molecule has 6 nitrogen and oxygen atoms in total. The first-order valence-electron chi connectivity index (χ1n) is 5.95. The van der Waals surface area contributed by atoms with Crippen molar-refractivity contribution in [1.82, 2.24) is 4.90 Å². The first-order chi connectivity index (χ1) is 9.08. The maximum atomic E-state index is 11.9. The van der Waals surface area contributed by atoms with Gasteiger partial charge in [0.1, 0.15) is 12.4 Å². The van der Waals surface area contributed by atoms with Crippen molar-refractivity contribution in [2.24, 2.45) is 5.92 Å². The molecule has 19 heavy (non-hydrogen) atoms. The molecule has 1 unspecified atom stereocenters. The van der Waals surface area contributed by atoms with E-state index in [1.807, 2.05) is 0 Å². The van der Waals surface area contributed by atoms with Crippen LogP contribution in [0.25, 0.3) is 0 Å². The van der Waals surface area contributed by atoms with Crippen LogP contribution in [0.4, 0.5) is 0 Å². The molecule has 0 aliphatic rings. The molecular weight excluding hydrogens is 250 g/mol. The van der Waals surface area contributed by atoms with Crippen LogP contribution in [0.2, 0.25) is 0 Å². The van der Waals surface area contributed by atoms with Gasteiger partial charge in [0.25, 0.3) is 0 Å². The standard InChI is InChI=1S/C13H19NO5/c1-10(13(16)18-3)7-14(12(15)9-17-2)8-11-5-4-6-19-11/h4-6,10H,7-9H2,1-3H3. The zero-order valence-corrected chi connectivity index (χ0v) is 11.4. The fraction of sp³-hybridized carbons (Fsp3) is 0.538. The van der Waals surface area contributed by atoms with E-state index >= 15 is 0 Å². The summed E-state index contributed by atoms with van der Waals surface area (Å²) in [6, 6.07) is 3.52. The van der Waals surface area contributed by atoms with Crippen molar-refractivity contribution in [3.8, 4) is 0 Å². The van der Waals surface area contributed by atoms with Crippen LogP contribution in [0.5, 0.6) is 0 Å². The van der Waals surface area contributed by atoms with Crippen molar-refractivity contribution in [3.63, 3.8) is 0 Å². The van der Waals surface area contributed by atoms with Gasteiger partial charge in [-0.15, -0.1) is 0 Å². The fourth-order valence-corrected chi connectivity index (χ4v) is 1.67. The van der Waals surface area contributed by atoms with E-state index in [1.54, 1.807) is 19.1 Å². The summed E-state index contributed by atoms with van der Waals surface area (Å²) < 4.78 is 14.7. The highest BCUT2D eigenvalue weighted by molar-refractivity contribution is 5.78. The van der Waals surface area contributed by atoms with Crippen LogP contribution in [-0.4, -0.2) is 44.1 Å². The van der Waals surface area contributed by atoms with Crippen LogP contribution >= 0.6 is 0 Å². The lowest BCUT2D eigenvalue weighted by Crippen LogP contribution is -2.38. The third-order valence-electron chi connectivity index (χ3n) is 2.65. The van der Waals surface area contributed by atoms with Crippen LogP contribution in [0.15, 0.2) is 22.8 Å². The number of ether oxygens (including phenoxy) is 2. The number of carbonyl (C=O) groups is 2. The lowest BCUT2D eigenvalue weighted by Gasteiger charge is -2.23. The number of nitrogens with zero attached hydrogens (tertiary/aromatic N) is 1. The summed E-state index contributed by atoms with van der Waals surface area (Å²) in [4.78, 5) is 24.9. The highest BCUT2D eigenvalue weighted by Gasteiger charge is 2.22. The normalized spacial score (nSPS) is 11.9. The van der Waals surface area contributed by atoms with E-state index in [0.29, 0.717) is 12.3 Å². The summed E-state index contributed by atoms with van der Waals surface area (Å²) in [6.45, 7) is 2.24. The van der Waals surface area contributed by atoms with Gasteiger partial charge in [-0.2, -0.15) is 0 Å². The lowest BCUT2D eigenvalue weighted by molar-refractivity contribution is -0.147. The van der Waals surface area contributed by atoms with Gasteiger partial charge in [0.15, 0.2) is 0 Å². The van der Waals surface area contributed by atoms with Crippen LogP contribution in [0.1, 0.15) is 12.7 Å². The second-order valence-corrected chi connectivity index (χ2v) is 4.21. The highest BCUT2D eigenvalue weighted by atomic mass is 16.5. The largest absolute Gasteiger partial charge is 0.469 e. The van der Waals surface area contributed by atoms with Gasteiger partial charge in [0.05, 0.1) is 25.8 Å². The van der Waals surface area contributed by atoms with E-state index in [-0.39, 0.29) is 25.0 Å². The molecule has 0 saturated heterocycles. The average Bonchev–Trinajstić information content (AvgIpc) is 2.90. The van der Waals surface area contributed by atoms with Crippen molar-refractivity contribution in [1.29, 1.82) is 0 Å². The van der Waals surface area contributed by atoms with Crippen molar-refractivity contribution in [2.75, 3.05) is 27.4 Å². The molecule has 0 radical (unpaired) electrons. The summed E-state index contributed by atoms with van der Waals surface area (Å²) in [5, 5.41) is 0. The predicted molar refractivity (Wildman–Crippen MR) is 67.2 cm³/mol. The third kappa shape index (κ3) is 4.75. The Hall–Kier alpha value is -1.82. The molecule has 0 aromatic carbocycles. The summed E-state index contributed by atoms with van der Waals surface area (Å²) in [5.74, 6) is -0.299. The van der Waals surface area contributed by atoms with Crippen LogP contribution in [0, 0.1) is 5.92 Å². The molecule has 0 aliphatic heterocycles. The van der Waals surface area contributed by atoms with Crippen LogP contribution in [-0.2, 0) is 25.6 Å². The molecule has 0 bridgehead atoms. The number of amides is 1. The van der Waals surface area contributed by atoms with Crippen molar-refractivity contribution in [2.45, 2.75) is 13.5 Å². The minimum Gasteiger partial charge on any atom is -0.469 e. The molecule has 106 valence electrons. The van der Waals surface area contributed by atoms with Crippen molar-refractivity contribution >= 4 is 11.9 Å². The fourth-order valence-electron chi connectivity index (χ4n) is 1.67. The molecule has 0 saturated carbocycles. The van der Waals surface area contributed by atoms with Gasteiger partial charge in [-0.25, -0.2) is 0 Å². The van der Waals surface area contributed by atoms with Crippen molar-refractivity contribution in [3.05, 3.63) is 24.2 Å². The number of hydrogen-bond donors (Lipinski definition) is 0. The van der Waals surface area contributed by atoms with Gasteiger partial charge >= 0.3 is 5.97 Å². The Kier molecular flexibility index (Phi) is 6.08. The van der Waals surface area contributed by atoms with E-state index in [2.05, 4.69) is 4.74 Å². The molecule has 0 fully saturated rings. The molecule has 6 heteroatoms. The molecule has 1 aromatic heterocycles. The minimum atomic E-state index is -0.402. The maximum Gasteiger partial charge on any atom is 0.310 e. The van der Waals surface area contributed by atoms with Gasteiger partial charge in [-0.3, -0.25) is 9.59 Å². The first kappa shape index (κ1) is 15.2. The Morgan fingerprint density at radius 3 is 2.68 bits per heavy atom. The van der Waals surface area contributed by atoms with Gasteiger partial charge in [0.2, 0.25) is 5.91 Å². The minimum absolute atomic E-state index is 0.0331. The van der Waals surface area contributed by atoms with Gasteiger partial charge in [-0.1, -0.05) is 6.92 Å². The monoisotopic (exact) mass is 269 g/mol. The summed E-state index contributed by atoms with van der Waals surface area (Å²) in [7, 11) is 2.78. The average molecular weight is 269 g/mol. The molecule has 1 heterocycles. The van der Waals surface area contributed by atoms with Crippen LogP contribution in [0.3, 0.4) is 0 Å². The number of carbonyl (C=O) groups excluding carboxylic acids is 2. The van der Waals surface area contributed by atoms with E-state index < -0.39 is 5.92 Å². The zero-order valence-electron chi connectivity index (χ0n) is 11.4. The quantitative estimate of drug-likeness (QED) is 0.692. The SMILES string of the molecule is COCC(=O)N(Cc1ccco1)CC(C)C(=O)OC. The molecule has 0 N–H and O–H groups in total. The number of hydrogen-bond acceptors (Lipinski definition) is 5. The molecule has 1 amide bonds. The molecular formula is C13H19NO5. The summed E-state index contributed by atoms with van der Waals surface area (Å²) in [6.07, 6.45) is 1.54. The van der Waals surface area contributed by atoms with Crippen molar-refractivity contribution < 1.29 is 23.5 Å². The summed E-state index contributed by atoms with van der Waals surface area (Å²) >= 11 is 0. The van der Waals surface area contributed by atoms with E-state index in [1.165, 1.54) is 25.4 Å². The Labute approximate surface area is 112 Å². The second-order valence-electron chi connectivity index (χ2n) is 4.21. The predicted octanol–water partition coefficient (Wildman–Crippen LogP) is 1.06. The van der Waals surface area contributed by atoms with E-state index in [9.17, 15) is 9.59 Å². The number of furan rings is 1. The molecule has 0 aliphatic carbocycles. The number of esters is 1. The van der Waals surface area contributed by atoms with E-state index in [0.717, 1.165) is 0 Å². The topological polar surface area (TPSA) is 69.0 Å². The Morgan fingerprint density at radius 1 is 1.42 bits per heavy atom. The zero-order chi connectivity index (χ0) is 14.3. The maximum absolute atomic E-state index is 11.9. The third-order valence-corrected chi connectivity index (χ3v) is 2.65. The lowest BCUT2D eigenvalue weighted by atomic mass is 10.1. The molecule has 1 rings (SSSR count). The van der Waals surface area contributed by atoms with Gasteiger partial charge in [0, 0.05) is 13.7 Å². The Morgan fingerprint density at radius 2 is 2.16 bits per heavy atom. The number of rotatable bonds is 7. The van der Waals surface area contributed by atoms with E-state index in [4.69, 9.17) is 9.15 Å². The first-order valence-corrected chi connectivity index (χ1v) is 5.95. The molecule has 0 spiro atoms. The summed E-state index contributed by atoms with van der Waals surface area (Å²) in [5.41, 5.74) is 0. The smallest absolute Gasteiger partial charge is 0.310 e. The molecule has 1 atom stereocenters. The van der Waals surface area contributed by atoms with Crippen LogP contribution < -0.4 is 0 Å². The second kappa shape index (κ2) is 7.58. The highest BCUT2D eigenvalue weighted by Crippen LogP contribution is 2.10. The Balaban J connectivity index is 2.69. The number of methoxy groups -OCH3 is 2. The molecule has 1 aromatic rings. The van der Waals surface area contributed by atoms with Gasteiger partial charge < -0.3 is 18.8 Å².